The molecule has 0 saturated heterocycles. The number of carbonyl (C=O) groups is 1. The molecule has 4 nitrogen and oxygen atoms in total. The standard InChI is InChI=1S/C9H18O4/c1-5-9(12,8(10)11)6(2)7(3)13-4/h6-7,12H,5H2,1-4H3,(H,10,11). The van der Waals surface area contributed by atoms with Gasteiger partial charge in [-0.1, -0.05) is 13.8 Å². The molecule has 3 atom stereocenters. The van der Waals surface area contributed by atoms with Gasteiger partial charge in [-0.2, -0.15) is 0 Å². The van der Waals surface area contributed by atoms with Crippen LogP contribution in [0, 0.1) is 5.92 Å². The van der Waals surface area contributed by atoms with Gasteiger partial charge in [-0.3, -0.25) is 0 Å². The molecular formula is C9H18O4. The van der Waals surface area contributed by atoms with Crippen molar-refractivity contribution in [1.29, 1.82) is 0 Å². The zero-order valence-electron chi connectivity index (χ0n) is 8.57. The Bertz CT molecular complexity index is 180. The van der Waals surface area contributed by atoms with E-state index in [1.807, 2.05) is 0 Å². The van der Waals surface area contributed by atoms with Crippen molar-refractivity contribution in [3.8, 4) is 0 Å². The van der Waals surface area contributed by atoms with Gasteiger partial charge in [0.05, 0.1) is 6.10 Å². The third-order valence-electron chi connectivity index (χ3n) is 2.74. The molecule has 2 N–H and O–H groups in total. The summed E-state index contributed by atoms with van der Waals surface area (Å²) in [5, 5.41) is 18.6. The molecule has 0 radical (unpaired) electrons. The lowest BCUT2D eigenvalue weighted by molar-refractivity contribution is -0.170. The molecule has 0 amide bonds. The Labute approximate surface area is 78.5 Å². The molecule has 13 heavy (non-hydrogen) atoms. The van der Waals surface area contributed by atoms with Crippen molar-refractivity contribution >= 4 is 5.97 Å². The zero-order valence-corrected chi connectivity index (χ0v) is 8.57. The van der Waals surface area contributed by atoms with Crippen LogP contribution in [0.15, 0.2) is 0 Å². The number of carboxylic acid groups (broad SMARTS) is 1. The molecule has 78 valence electrons. The van der Waals surface area contributed by atoms with E-state index in [1.54, 1.807) is 20.8 Å². The summed E-state index contributed by atoms with van der Waals surface area (Å²) in [5.41, 5.74) is -1.69. The maximum Gasteiger partial charge on any atom is 0.336 e. The first-order valence-corrected chi connectivity index (χ1v) is 4.38. The van der Waals surface area contributed by atoms with Gasteiger partial charge >= 0.3 is 5.97 Å². The Balaban J connectivity index is 4.65. The number of hydrogen-bond acceptors (Lipinski definition) is 3. The van der Waals surface area contributed by atoms with Crippen LogP contribution in [0.5, 0.6) is 0 Å². The van der Waals surface area contributed by atoms with Crippen LogP contribution in [0.1, 0.15) is 27.2 Å². The second-order valence-corrected chi connectivity index (χ2v) is 3.31. The second kappa shape index (κ2) is 4.58. The highest BCUT2D eigenvalue weighted by atomic mass is 16.5. The third-order valence-corrected chi connectivity index (χ3v) is 2.74. The van der Waals surface area contributed by atoms with E-state index >= 15 is 0 Å². The summed E-state index contributed by atoms with van der Waals surface area (Å²) in [7, 11) is 1.50. The monoisotopic (exact) mass is 190 g/mol. The predicted molar refractivity (Wildman–Crippen MR) is 48.5 cm³/mol. The van der Waals surface area contributed by atoms with Gasteiger partial charge in [-0.15, -0.1) is 0 Å². The fourth-order valence-electron chi connectivity index (χ4n) is 1.26. The van der Waals surface area contributed by atoms with E-state index in [9.17, 15) is 9.90 Å². The highest BCUT2D eigenvalue weighted by Crippen LogP contribution is 2.25. The molecule has 0 aromatic carbocycles. The van der Waals surface area contributed by atoms with Crippen LogP contribution in [0.4, 0.5) is 0 Å². The summed E-state index contributed by atoms with van der Waals surface area (Å²) in [6.07, 6.45) is -0.0990. The van der Waals surface area contributed by atoms with Crippen LogP contribution in [-0.2, 0) is 9.53 Å². The van der Waals surface area contributed by atoms with Crippen LogP contribution >= 0.6 is 0 Å². The summed E-state index contributed by atoms with van der Waals surface area (Å²) in [5.74, 6) is -1.62. The van der Waals surface area contributed by atoms with Crippen LogP contribution < -0.4 is 0 Å². The number of carboxylic acids is 1. The van der Waals surface area contributed by atoms with E-state index in [0.717, 1.165) is 0 Å². The Morgan fingerprint density at radius 3 is 2.23 bits per heavy atom. The zero-order chi connectivity index (χ0) is 10.6. The van der Waals surface area contributed by atoms with Crippen molar-refractivity contribution in [2.24, 2.45) is 5.92 Å². The van der Waals surface area contributed by atoms with Crippen LogP contribution in [0.3, 0.4) is 0 Å². The van der Waals surface area contributed by atoms with Crippen LogP contribution in [0.2, 0.25) is 0 Å². The van der Waals surface area contributed by atoms with Crippen LogP contribution in [-0.4, -0.2) is 35.0 Å². The lowest BCUT2D eigenvalue weighted by Gasteiger charge is -2.32. The maximum atomic E-state index is 10.8. The summed E-state index contributed by atoms with van der Waals surface area (Å²) >= 11 is 0. The van der Waals surface area contributed by atoms with Crippen molar-refractivity contribution in [2.45, 2.75) is 38.9 Å². The lowest BCUT2D eigenvalue weighted by Crippen LogP contribution is -2.48. The van der Waals surface area contributed by atoms with E-state index in [2.05, 4.69) is 0 Å². The lowest BCUT2D eigenvalue weighted by atomic mass is 9.83. The number of ether oxygens (including phenoxy) is 1. The van der Waals surface area contributed by atoms with E-state index in [0.29, 0.717) is 0 Å². The Morgan fingerprint density at radius 1 is 1.54 bits per heavy atom. The molecule has 0 spiro atoms. The van der Waals surface area contributed by atoms with Gasteiger partial charge in [-0.05, 0) is 13.3 Å². The molecule has 0 fully saturated rings. The van der Waals surface area contributed by atoms with Gasteiger partial charge in [0.1, 0.15) is 0 Å². The number of aliphatic hydroxyl groups is 1. The maximum absolute atomic E-state index is 10.8. The molecular weight excluding hydrogens is 172 g/mol. The number of methoxy groups -OCH3 is 1. The van der Waals surface area contributed by atoms with Gasteiger partial charge in [0.25, 0.3) is 0 Å². The summed E-state index contributed by atoms with van der Waals surface area (Å²) in [4.78, 5) is 10.8. The molecule has 0 aromatic heterocycles. The average Bonchev–Trinajstić information content (AvgIpc) is 2.13. The van der Waals surface area contributed by atoms with Crippen molar-refractivity contribution < 1.29 is 19.7 Å². The third kappa shape index (κ3) is 2.42. The molecule has 0 heterocycles. The first-order chi connectivity index (χ1) is 5.90. The summed E-state index contributed by atoms with van der Waals surface area (Å²) in [6.45, 7) is 5.06. The average molecular weight is 190 g/mol. The minimum absolute atomic E-state index is 0.178. The summed E-state index contributed by atoms with van der Waals surface area (Å²) < 4.78 is 4.99. The van der Waals surface area contributed by atoms with Gasteiger partial charge in [0.2, 0.25) is 0 Å². The fourth-order valence-corrected chi connectivity index (χ4v) is 1.26. The Morgan fingerprint density at radius 2 is 2.00 bits per heavy atom. The molecule has 0 aromatic rings. The normalized spacial score (nSPS) is 20.4. The molecule has 0 bridgehead atoms. The van der Waals surface area contributed by atoms with Gasteiger partial charge in [0.15, 0.2) is 5.60 Å². The van der Waals surface area contributed by atoms with Gasteiger partial charge in [0, 0.05) is 13.0 Å². The molecule has 3 unspecified atom stereocenters. The topological polar surface area (TPSA) is 66.8 Å². The van der Waals surface area contributed by atoms with E-state index < -0.39 is 17.5 Å². The van der Waals surface area contributed by atoms with Crippen molar-refractivity contribution in [1.82, 2.24) is 0 Å². The second-order valence-electron chi connectivity index (χ2n) is 3.31. The Kier molecular flexibility index (Phi) is 4.36. The molecule has 0 aliphatic heterocycles. The quantitative estimate of drug-likeness (QED) is 0.675. The first kappa shape index (κ1) is 12.4. The van der Waals surface area contributed by atoms with Gasteiger partial charge in [-0.25, -0.2) is 4.79 Å². The molecule has 0 rings (SSSR count). The van der Waals surface area contributed by atoms with Crippen LogP contribution in [0.25, 0.3) is 0 Å². The largest absolute Gasteiger partial charge is 0.479 e. The summed E-state index contributed by atoms with van der Waals surface area (Å²) in [6, 6.07) is 0. The Hall–Kier alpha value is -0.610. The number of hydrogen-bond donors (Lipinski definition) is 2. The highest BCUT2D eigenvalue weighted by Gasteiger charge is 2.42. The van der Waals surface area contributed by atoms with E-state index in [4.69, 9.17) is 9.84 Å². The van der Waals surface area contributed by atoms with Crippen molar-refractivity contribution in [2.75, 3.05) is 7.11 Å². The predicted octanol–water partition coefficient (Wildman–Crippen LogP) is 0.883. The molecule has 0 aliphatic rings. The highest BCUT2D eigenvalue weighted by molar-refractivity contribution is 5.77. The first-order valence-electron chi connectivity index (χ1n) is 4.38. The van der Waals surface area contributed by atoms with E-state index in [1.165, 1.54) is 7.11 Å². The SMILES string of the molecule is CCC(O)(C(=O)O)C(C)C(C)OC. The van der Waals surface area contributed by atoms with Crippen molar-refractivity contribution in [3.63, 3.8) is 0 Å². The minimum Gasteiger partial charge on any atom is -0.479 e. The smallest absolute Gasteiger partial charge is 0.336 e. The molecule has 0 saturated carbocycles. The number of aliphatic carboxylic acids is 1. The minimum atomic E-state index is -1.69. The van der Waals surface area contributed by atoms with Crippen molar-refractivity contribution in [3.05, 3.63) is 0 Å². The number of rotatable bonds is 5. The van der Waals surface area contributed by atoms with Gasteiger partial charge < -0.3 is 14.9 Å². The van der Waals surface area contributed by atoms with E-state index in [-0.39, 0.29) is 12.5 Å². The molecule has 0 aliphatic carbocycles. The fraction of sp³-hybridized carbons (Fsp3) is 0.889. The molecule has 4 heteroatoms.